The van der Waals surface area contributed by atoms with E-state index in [2.05, 4.69) is 19.2 Å². The Morgan fingerprint density at radius 2 is 1.51 bits per heavy atom. The zero-order chi connectivity index (χ0) is 25.9. The first-order chi connectivity index (χ1) is 16.9. The Bertz CT molecular complexity index is 579. The quantitative estimate of drug-likeness (QED) is 0.0949. The first kappa shape index (κ1) is 31.4. The predicted octanol–water partition coefficient (Wildman–Crippen LogP) is 6.88. The van der Waals surface area contributed by atoms with Gasteiger partial charge in [-0.15, -0.1) is 0 Å². The average Bonchev–Trinajstić information content (AvgIpc) is 2.81. The number of hydrogen-bond donors (Lipinski definition) is 1. The molecule has 1 amide bonds. The number of unbranched alkanes of at least 4 members (excludes halogenated alkanes) is 11. The number of carbonyl (C=O) groups is 3. The molecule has 0 bridgehead atoms. The molecule has 35 heavy (non-hydrogen) atoms. The van der Waals surface area contributed by atoms with Gasteiger partial charge in [-0.1, -0.05) is 105 Å². The number of hydrogen-bond acceptors (Lipinski definition) is 5. The minimum absolute atomic E-state index is 0.0732. The molecule has 1 aliphatic rings. The van der Waals surface area contributed by atoms with Crippen LogP contribution in [0.3, 0.4) is 0 Å². The number of cyclic esters (lactones) is 1. The molecule has 1 fully saturated rings. The molecule has 0 radical (unpaired) electrons. The van der Waals surface area contributed by atoms with Crippen molar-refractivity contribution >= 4 is 18.3 Å². The fourth-order valence-electron chi connectivity index (χ4n) is 4.90. The van der Waals surface area contributed by atoms with E-state index in [9.17, 15) is 14.4 Å². The van der Waals surface area contributed by atoms with Crippen LogP contribution in [0.1, 0.15) is 137 Å². The Balaban J connectivity index is 2.60. The van der Waals surface area contributed by atoms with Gasteiger partial charge >= 0.3 is 11.9 Å². The highest BCUT2D eigenvalue weighted by atomic mass is 16.6. The lowest BCUT2D eigenvalue weighted by atomic mass is 9.86. The SMILES string of the molecule is CCCCCCCCC[C@H](C[C@@H]1OC(=O)[C@H]1CCCCCCCC)OC(=O)[C@H](CC(C)C)NC=O. The molecule has 1 rings (SSSR count). The highest BCUT2D eigenvalue weighted by Crippen LogP contribution is 2.33. The molecule has 1 N–H and O–H groups in total. The number of carbonyl (C=O) groups excluding carboxylic acids is 3. The lowest BCUT2D eigenvalue weighted by Crippen LogP contribution is -2.48. The van der Waals surface area contributed by atoms with Gasteiger partial charge in [0, 0.05) is 6.42 Å². The summed E-state index contributed by atoms with van der Waals surface area (Å²) in [7, 11) is 0. The number of rotatable bonds is 23. The van der Waals surface area contributed by atoms with Gasteiger partial charge in [-0.05, 0) is 31.6 Å². The van der Waals surface area contributed by atoms with E-state index < -0.39 is 6.04 Å². The number of esters is 2. The number of amides is 1. The third-order valence-corrected chi connectivity index (χ3v) is 7.06. The highest BCUT2D eigenvalue weighted by molar-refractivity contribution is 5.79. The number of ether oxygens (including phenoxy) is 2. The summed E-state index contributed by atoms with van der Waals surface area (Å²) in [5.41, 5.74) is 0. The Labute approximate surface area is 214 Å². The second kappa shape index (κ2) is 19.6. The molecule has 0 aromatic heterocycles. The zero-order valence-corrected chi connectivity index (χ0v) is 23.0. The smallest absolute Gasteiger partial charge is 0.328 e. The van der Waals surface area contributed by atoms with Crippen LogP contribution in [0, 0.1) is 11.8 Å². The van der Waals surface area contributed by atoms with Gasteiger partial charge in [0.25, 0.3) is 0 Å². The molecule has 0 aromatic carbocycles. The Morgan fingerprint density at radius 3 is 2.06 bits per heavy atom. The van der Waals surface area contributed by atoms with Crippen LogP contribution < -0.4 is 5.32 Å². The van der Waals surface area contributed by atoms with Crippen molar-refractivity contribution < 1.29 is 23.9 Å². The maximum absolute atomic E-state index is 12.9. The summed E-state index contributed by atoms with van der Waals surface area (Å²) in [6.45, 7) is 8.47. The van der Waals surface area contributed by atoms with Gasteiger partial charge in [0.1, 0.15) is 18.2 Å². The summed E-state index contributed by atoms with van der Waals surface area (Å²) in [4.78, 5) is 36.0. The second-order valence-corrected chi connectivity index (χ2v) is 10.8. The summed E-state index contributed by atoms with van der Waals surface area (Å²) < 4.78 is 11.4. The van der Waals surface area contributed by atoms with Gasteiger partial charge in [-0.2, -0.15) is 0 Å². The van der Waals surface area contributed by atoms with E-state index in [-0.39, 0.29) is 36.0 Å². The molecule has 6 nitrogen and oxygen atoms in total. The van der Waals surface area contributed by atoms with Crippen LogP contribution in [0.15, 0.2) is 0 Å². The molecule has 0 saturated carbocycles. The van der Waals surface area contributed by atoms with Crippen molar-refractivity contribution in [2.45, 2.75) is 155 Å². The molecule has 0 spiro atoms. The Hall–Kier alpha value is -1.59. The van der Waals surface area contributed by atoms with Crippen molar-refractivity contribution in [3.63, 3.8) is 0 Å². The van der Waals surface area contributed by atoms with Crippen LogP contribution in [-0.2, 0) is 23.9 Å². The van der Waals surface area contributed by atoms with Crippen molar-refractivity contribution in [3.8, 4) is 0 Å². The molecule has 6 heteroatoms. The third kappa shape index (κ3) is 13.9. The van der Waals surface area contributed by atoms with Crippen molar-refractivity contribution in [3.05, 3.63) is 0 Å². The Morgan fingerprint density at radius 1 is 0.943 bits per heavy atom. The average molecular weight is 496 g/mol. The zero-order valence-electron chi connectivity index (χ0n) is 23.0. The topological polar surface area (TPSA) is 81.7 Å². The third-order valence-electron chi connectivity index (χ3n) is 7.06. The van der Waals surface area contributed by atoms with Crippen molar-refractivity contribution in [2.75, 3.05) is 0 Å². The van der Waals surface area contributed by atoms with Gasteiger partial charge in [-0.25, -0.2) is 4.79 Å². The standard InChI is InChI=1S/C29H53NO5/c1-5-7-9-11-13-14-16-18-24(34-29(33)26(30-22-31)20-23(3)4)21-27-25(28(32)35-27)19-17-15-12-10-8-6-2/h22-27H,5-21H2,1-4H3,(H,30,31)/t24-,25+,26+,27+/m1/s1. The van der Waals surface area contributed by atoms with E-state index in [1.165, 1.54) is 57.8 Å². The van der Waals surface area contributed by atoms with E-state index in [0.29, 0.717) is 19.3 Å². The molecular weight excluding hydrogens is 442 g/mol. The Kier molecular flexibility index (Phi) is 17.6. The fourth-order valence-corrected chi connectivity index (χ4v) is 4.90. The molecule has 1 saturated heterocycles. The summed E-state index contributed by atoms with van der Waals surface area (Å²) >= 11 is 0. The summed E-state index contributed by atoms with van der Waals surface area (Å²) in [5, 5.41) is 2.62. The normalized spacial score (nSPS) is 19.1. The summed E-state index contributed by atoms with van der Waals surface area (Å²) in [5.74, 6) is -0.298. The highest BCUT2D eigenvalue weighted by Gasteiger charge is 2.43. The fraction of sp³-hybridized carbons (Fsp3) is 0.897. The maximum atomic E-state index is 12.9. The predicted molar refractivity (Wildman–Crippen MR) is 141 cm³/mol. The van der Waals surface area contributed by atoms with Gasteiger partial charge in [0.2, 0.25) is 6.41 Å². The van der Waals surface area contributed by atoms with Crippen molar-refractivity contribution in [1.82, 2.24) is 5.32 Å². The lowest BCUT2D eigenvalue weighted by molar-refractivity contribution is -0.190. The minimum Gasteiger partial charge on any atom is -0.461 e. The largest absolute Gasteiger partial charge is 0.461 e. The molecule has 0 unspecified atom stereocenters. The first-order valence-corrected chi connectivity index (χ1v) is 14.5. The first-order valence-electron chi connectivity index (χ1n) is 14.5. The molecule has 1 heterocycles. The van der Waals surface area contributed by atoms with Crippen LogP contribution in [0.5, 0.6) is 0 Å². The van der Waals surface area contributed by atoms with Gasteiger partial charge in [0.15, 0.2) is 0 Å². The van der Waals surface area contributed by atoms with Gasteiger partial charge in [-0.3, -0.25) is 9.59 Å². The van der Waals surface area contributed by atoms with Crippen LogP contribution in [-0.4, -0.2) is 36.6 Å². The van der Waals surface area contributed by atoms with Gasteiger partial charge < -0.3 is 14.8 Å². The monoisotopic (exact) mass is 495 g/mol. The van der Waals surface area contributed by atoms with E-state index in [1.807, 2.05) is 13.8 Å². The minimum atomic E-state index is -0.632. The lowest BCUT2D eigenvalue weighted by Gasteiger charge is -2.37. The summed E-state index contributed by atoms with van der Waals surface area (Å²) in [6.07, 6.45) is 18.4. The van der Waals surface area contributed by atoms with E-state index in [4.69, 9.17) is 9.47 Å². The molecular formula is C29H53NO5. The van der Waals surface area contributed by atoms with Crippen molar-refractivity contribution in [2.24, 2.45) is 11.8 Å². The van der Waals surface area contributed by atoms with Crippen molar-refractivity contribution in [1.29, 1.82) is 0 Å². The van der Waals surface area contributed by atoms with Crippen LogP contribution in [0.25, 0.3) is 0 Å². The van der Waals surface area contributed by atoms with E-state index >= 15 is 0 Å². The summed E-state index contributed by atoms with van der Waals surface area (Å²) in [6, 6.07) is -0.632. The molecule has 4 atom stereocenters. The van der Waals surface area contributed by atoms with Crippen LogP contribution in [0.2, 0.25) is 0 Å². The molecule has 1 aliphatic heterocycles. The van der Waals surface area contributed by atoms with E-state index in [1.54, 1.807) is 0 Å². The number of nitrogens with one attached hydrogen (secondary N) is 1. The molecule has 0 aliphatic carbocycles. The molecule has 204 valence electrons. The molecule has 0 aromatic rings. The van der Waals surface area contributed by atoms with Gasteiger partial charge in [0.05, 0.1) is 5.92 Å². The van der Waals surface area contributed by atoms with Crippen LogP contribution >= 0.6 is 0 Å². The van der Waals surface area contributed by atoms with Crippen LogP contribution in [0.4, 0.5) is 0 Å². The maximum Gasteiger partial charge on any atom is 0.328 e. The second-order valence-electron chi connectivity index (χ2n) is 10.8. The van der Waals surface area contributed by atoms with E-state index in [0.717, 1.165) is 38.5 Å².